The van der Waals surface area contributed by atoms with Crippen LogP contribution in [0.1, 0.15) is 18.1 Å². The lowest BCUT2D eigenvalue weighted by Crippen LogP contribution is -1.95. The predicted octanol–water partition coefficient (Wildman–Crippen LogP) is 4.01. The zero-order valence-corrected chi connectivity index (χ0v) is 11.9. The van der Waals surface area contributed by atoms with Crippen molar-refractivity contribution in [2.75, 3.05) is 11.9 Å². The highest BCUT2D eigenvalue weighted by molar-refractivity contribution is 7.99. The Balaban J connectivity index is 2.25. The Morgan fingerprint density at radius 3 is 2.40 bits per heavy atom. The fourth-order valence-corrected chi connectivity index (χ4v) is 2.68. The van der Waals surface area contributed by atoms with E-state index in [4.69, 9.17) is 10.5 Å². The van der Waals surface area contributed by atoms with E-state index in [2.05, 4.69) is 24.4 Å². The fourth-order valence-electron chi connectivity index (χ4n) is 1.74. The van der Waals surface area contributed by atoms with Gasteiger partial charge in [0.15, 0.2) is 0 Å². The number of hydrogen-bond donors (Lipinski definition) is 1. The standard InChI is InChI=1S/C16H13N3S/c1-2-19-14-5-7-15(8-6-14)20-16-9-12(10-17)3-4-13(16)11-18/h3-9,19H,2H2,1H3. The molecule has 0 radical (unpaired) electrons. The van der Waals surface area contributed by atoms with Crippen LogP contribution in [-0.4, -0.2) is 6.54 Å². The highest BCUT2D eigenvalue weighted by Gasteiger charge is 2.06. The van der Waals surface area contributed by atoms with E-state index in [-0.39, 0.29) is 0 Å². The van der Waals surface area contributed by atoms with Crippen LogP contribution in [-0.2, 0) is 0 Å². The van der Waals surface area contributed by atoms with E-state index in [1.807, 2.05) is 24.3 Å². The van der Waals surface area contributed by atoms with Gasteiger partial charge in [-0.05, 0) is 49.4 Å². The van der Waals surface area contributed by atoms with Crippen LogP contribution in [0.15, 0.2) is 52.3 Å². The molecule has 20 heavy (non-hydrogen) atoms. The van der Waals surface area contributed by atoms with E-state index >= 15 is 0 Å². The average Bonchev–Trinajstić information content (AvgIpc) is 2.49. The molecule has 0 aliphatic rings. The monoisotopic (exact) mass is 279 g/mol. The molecule has 0 unspecified atom stereocenters. The smallest absolute Gasteiger partial charge is 0.100 e. The minimum absolute atomic E-state index is 0.566. The SMILES string of the molecule is CCNc1ccc(Sc2cc(C#N)ccc2C#N)cc1. The zero-order chi connectivity index (χ0) is 14.4. The average molecular weight is 279 g/mol. The van der Waals surface area contributed by atoms with Gasteiger partial charge < -0.3 is 5.32 Å². The summed E-state index contributed by atoms with van der Waals surface area (Å²) in [6, 6.07) is 17.4. The molecule has 0 aliphatic heterocycles. The van der Waals surface area contributed by atoms with Crippen molar-refractivity contribution >= 4 is 17.4 Å². The van der Waals surface area contributed by atoms with E-state index in [0.717, 1.165) is 22.0 Å². The summed E-state index contributed by atoms with van der Waals surface area (Å²) >= 11 is 1.49. The molecule has 0 amide bonds. The quantitative estimate of drug-likeness (QED) is 0.918. The molecule has 0 aliphatic carbocycles. The van der Waals surface area contributed by atoms with Crippen LogP contribution in [0.5, 0.6) is 0 Å². The van der Waals surface area contributed by atoms with E-state index in [1.165, 1.54) is 11.8 Å². The Hall–Kier alpha value is -2.43. The first-order chi connectivity index (χ1) is 9.76. The van der Waals surface area contributed by atoms with Gasteiger partial charge in [0.1, 0.15) is 6.07 Å². The number of nitrogens with zero attached hydrogens (tertiary/aromatic N) is 2. The first-order valence-corrected chi connectivity index (χ1v) is 7.04. The minimum Gasteiger partial charge on any atom is -0.385 e. The summed E-state index contributed by atoms with van der Waals surface area (Å²) in [5.74, 6) is 0. The summed E-state index contributed by atoms with van der Waals surface area (Å²) in [6.07, 6.45) is 0. The Morgan fingerprint density at radius 2 is 1.80 bits per heavy atom. The van der Waals surface area contributed by atoms with Crippen LogP contribution in [0.3, 0.4) is 0 Å². The van der Waals surface area contributed by atoms with Crippen LogP contribution in [0.4, 0.5) is 5.69 Å². The van der Waals surface area contributed by atoms with Crippen LogP contribution < -0.4 is 5.32 Å². The van der Waals surface area contributed by atoms with Crippen molar-refractivity contribution in [1.29, 1.82) is 10.5 Å². The van der Waals surface area contributed by atoms with Gasteiger partial charge in [0, 0.05) is 22.0 Å². The van der Waals surface area contributed by atoms with Crippen LogP contribution in [0, 0.1) is 22.7 Å². The zero-order valence-electron chi connectivity index (χ0n) is 11.1. The highest BCUT2D eigenvalue weighted by Crippen LogP contribution is 2.31. The predicted molar refractivity (Wildman–Crippen MR) is 80.6 cm³/mol. The molecule has 0 aromatic heterocycles. The number of hydrogen-bond acceptors (Lipinski definition) is 4. The van der Waals surface area contributed by atoms with Gasteiger partial charge in [-0.1, -0.05) is 11.8 Å². The van der Waals surface area contributed by atoms with Crippen LogP contribution in [0.25, 0.3) is 0 Å². The molecule has 2 aromatic carbocycles. The second-order valence-electron chi connectivity index (χ2n) is 4.09. The molecule has 2 rings (SSSR count). The number of benzene rings is 2. The summed E-state index contributed by atoms with van der Waals surface area (Å²) in [4.78, 5) is 1.85. The summed E-state index contributed by atoms with van der Waals surface area (Å²) in [5.41, 5.74) is 2.23. The highest BCUT2D eigenvalue weighted by atomic mass is 32.2. The van der Waals surface area contributed by atoms with Crippen molar-refractivity contribution < 1.29 is 0 Å². The van der Waals surface area contributed by atoms with Crippen molar-refractivity contribution in [3.05, 3.63) is 53.6 Å². The van der Waals surface area contributed by atoms with E-state index < -0.39 is 0 Å². The van der Waals surface area contributed by atoms with Crippen LogP contribution in [0.2, 0.25) is 0 Å². The van der Waals surface area contributed by atoms with Crippen molar-refractivity contribution in [2.45, 2.75) is 16.7 Å². The number of nitriles is 2. The molecular weight excluding hydrogens is 266 g/mol. The third-order valence-corrected chi connectivity index (χ3v) is 3.76. The minimum atomic E-state index is 0.566. The maximum atomic E-state index is 9.12. The van der Waals surface area contributed by atoms with Crippen molar-refractivity contribution in [2.24, 2.45) is 0 Å². The molecule has 0 heterocycles. The van der Waals surface area contributed by atoms with E-state index in [9.17, 15) is 0 Å². The fraction of sp³-hybridized carbons (Fsp3) is 0.125. The first kappa shape index (κ1) is 14.0. The number of anilines is 1. The Labute approximate surface area is 122 Å². The molecule has 1 N–H and O–H groups in total. The second-order valence-corrected chi connectivity index (χ2v) is 5.21. The topological polar surface area (TPSA) is 59.6 Å². The maximum absolute atomic E-state index is 9.12. The van der Waals surface area contributed by atoms with Gasteiger partial charge in [0.25, 0.3) is 0 Å². The van der Waals surface area contributed by atoms with E-state index in [1.54, 1.807) is 18.2 Å². The molecule has 0 saturated carbocycles. The molecule has 98 valence electrons. The number of nitrogens with one attached hydrogen (secondary N) is 1. The summed E-state index contributed by atoms with van der Waals surface area (Å²) in [6.45, 7) is 2.94. The number of rotatable bonds is 4. The lowest BCUT2D eigenvalue weighted by atomic mass is 10.2. The van der Waals surface area contributed by atoms with Crippen LogP contribution >= 0.6 is 11.8 Å². The Bertz CT molecular complexity index is 678. The molecule has 2 aromatic rings. The van der Waals surface area contributed by atoms with E-state index in [0.29, 0.717) is 11.1 Å². The normalized spacial score (nSPS) is 9.55. The lowest BCUT2D eigenvalue weighted by molar-refractivity contribution is 1.21. The summed E-state index contributed by atoms with van der Waals surface area (Å²) in [5, 5.41) is 21.3. The maximum Gasteiger partial charge on any atom is 0.100 e. The van der Waals surface area contributed by atoms with Crippen molar-refractivity contribution in [1.82, 2.24) is 0 Å². The molecule has 0 fully saturated rings. The third-order valence-electron chi connectivity index (χ3n) is 2.69. The Morgan fingerprint density at radius 1 is 1.05 bits per heavy atom. The van der Waals surface area contributed by atoms with Gasteiger partial charge in [0.05, 0.1) is 17.2 Å². The van der Waals surface area contributed by atoms with Gasteiger partial charge in [-0.25, -0.2) is 0 Å². The molecule has 0 atom stereocenters. The van der Waals surface area contributed by atoms with Crippen molar-refractivity contribution in [3.63, 3.8) is 0 Å². The molecule has 0 saturated heterocycles. The lowest BCUT2D eigenvalue weighted by Gasteiger charge is -2.06. The largest absolute Gasteiger partial charge is 0.385 e. The summed E-state index contributed by atoms with van der Waals surface area (Å²) in [7, 11) is 0. The third kappa shape index (κ3) is 3.32. The molecule has 3 nitrogen and oxygen atoms in total. The summed E-state index contributed by atoms with van der Waals surface area (Å²) < 4.78 is 0. The van der Waals surface area contributed by atoms with Gasteiger partial charge in [0.2, 0.25) is 0 Å². The Kier molecular flexibility index (Phi) is 4.65. The second kappa shape index (κ2) is 6.65. The van der Waals surface area contributed by atoms with Gasteiger partial charge in [-0.2, -0.15) is 10.5 Å². The van der Waals surface area contributed by atoms with Crippen molar-refractivity contribution in [3.8, 4) is 12.1 Å². The molecular formula is C16H13N3S. The van der Waals surface area contributed by atoms with Gasteiger partial charge in [-0.3, -0.25) is 0 Å². The van der Waals surface area contributed by atoms with Gasteiger partial charge >= 0.3 is 0 Å². The molecule has 0 spiro atoms. The molecule has 4 heteroatoms. The first-order valence-electron chi connectivity index (χ1n) is 6.23. The molecule has 0 bridgehead atoms. The van der Waals surface area contributed by atoms with Gasteiger partial charge in [-0.15, -0.1) is 0 Å².